The van der Waals surface area contributed by atoms with E-state index in [0.717, 1.165) is 17.2 Å². The van der Waals surface area contributed by atoms with Gasteiger partial charge in [-0.1, -0.05) is 18.2 Å². The van der Waals surface area contributed by atoms with Gasteiger partial charge in [0.1, 0.15) is 24.5 Å². The van der Waals surface area contributed by atoms with Crippen LogP contribution < -0.4 is 10.5 Å². The number of nitrogens with zero attached hydrogens (tertiary/aromatic N) is 3. The molecule has 0 radical (unpaired) electrons. The third-order valence-electron chi connectivity index (χ3n) is 4.58. The van der Waals surface area contributed by atoms with E-state index >= 15 is 0 Å². The van der Waals surface area contributed by atoms with Gasteiger partial charge < -0.3 is 20.3 Å². The topological polar surface area (TPSA) is 120 Å². The Morgan fingerprint density at radius 3 is 2.47 bits per heavy atom. The van der Waals surface area contributed by atoms with Gasteiger partial charge in [-0.05, 0) is 29.3 Å². The summed E-state index contributed by atoms with van der Waals surface area (Å²) in [7, 11) is 0. The van der Waals surface area contributed by atoms with E-state index in [-0.39, 0.29) is 30.4 Å². The molecule has 2 aromatic carbocycles. The average molecular weight is 446 g/mol. The second kappa shape index (κ2) is 9.77. The van der Waals surface area contributed by atoms with Crippen LogP contribution in [-0.2, 0) is 15.1 Å². The van der Waals surface area contributed by atoms with Crippen LogP contribution in [0, 0.1) is 5.82 Å². The number of nitrogens with two attached hydrogens (primary N) is 1. The molecule has 166 valence electrons. The van der Waals surface area contributed by atoms with Crippen LogP contribution in [0.3, 0.4) is 0 Å². The number of hydrogen-bond donors (Lipinski definition) is 2. The number of benzene rings is 2. The zero-order valence-corrected chi connectivity index (χ0v) is 16.4. The molecule has 2 heterocycles. The van der Waals surface area contributed by atoms with Crippen molar-refractivity contribution in [3.05, 3.63) is 78.1 Å². The minimum absolute atomic E-state index is 0.0421. The second-order valence-corrected chi connectivity index (χ2v) is 6.43. The first-order chi connectivity index (χ1) is 15.4. The number of alkyl halides is 2. The van der Waals surface area contributed by atoms with Crippen LogP contribution in [0.4, 0.5) is 13.2 Å². The third-order valence-corrected chi connectivity index (χ3v) is 4.58. The predicted molar refractivity (Wildman–Crippen MR) is 108 cm³/mol. The lowest BCUT2D eigenvalue weighted by molar-refractivity contribution is -0.122. The number of carboxylic acid groups (broad SMARTS) is 1. The summed E-state index contributed by atoms with van der Waals surface area (Å²) in [6.07, 6.45) is 4.72. The minimum atomic E-state index is -3.05. The number of carbonyl (C=O) groups is 1. The Balaban J connectivity index is 0.000000913. The van der Waals surface area contributed by atoms with Crippen LogP contribution in [0.25, 0.3) is 11.1 Å². The van der Waals surface area contributed by atoms with Crippen molar-refractivity contribution in [3.63, 3.8) is 0 Å². The zero-order valence-electron chi connectivity index (χ0n) is 16.4. The van der Waals surface area contributed by atoms with Gasteiger partial charge in [-0.2, -0.15) is 8.78 Å². The molecule has 8 nitrogen and oxygen atoms in total. The first kappa shape index (κ1) is 22.5. The smallest absolute Gasteiger partial charge is 0.387 e. The van der Waals surface area contributed by atoms with Gasteiger partial charge in [-0.15, -0.1) is 0 Å². The van der Waals surface area contributed by atoms with Gasteiger partial charge in [0, 0.05) is 29.6 Å². The molecule has 1 aliphatic rings. The summed E-state index contributed by atoms with van der Waals surface area (Å²) in [6.45, 7) is -3.35. The molecule has 1 unspecified atom stereocenters. The van der Waals surface area contributed by atoms with Crippen molar-refractivity contribution >= 4 is 12.5 Å². The summed E-state index contributed by atoms with van der Waals surface area (Å²) in [5, 5.41) is 6.89. The van der Waals surface area contributed by atoms with Crippen LogP contribution in [-0.4, -0.2) is 40.8 Å². The van der Waals surface area contributed by atoms with Crippen molar-refractivity contribution in [1.82, 2.24) is 9.97 Å². The first-order valence-electron chi connectivity index (χ1n) is 9.06. The molecule has 0 fully saturated rings. The zero-order chi connectivity index (χ0) is 23.1. The van der Waals surface area contributed by atoms with Crippen LogP contribution >= 0.6 is 0 Å². The van der Waals surface area contributed by atoms with Gasteiger partial charge in [0.2, 0.25) is 0 Å². The molecule has 0 aliphatic carbocycles. The molecule has 3 N–H and O–H groups in total. The van der Waals surface area contributed by atoms with Crippen LogP contribution in [0.1, 0.15) is 11.1 Å². The Labute approximate surface area is 180 Å². The summed E-state index contributed by atoms with van der Waals surface area (Å²) < 4.78 is 49.4. The second-order valence-electron chi connectivity index (χ2n) is 6.43. The van der Waals surface area contributed by atoms with Gasteiger partial charge in [0.25, 0.3) is 12.5 Å². The Hall–Kier alpha value is -4.15. The van der Waals surface area contributed by atoms with E-state index in [1.54, 1.807) is 24.5 Å². The Morgan fingerprint density at radius 2 is 1.88 bits per heavy atom. The fraction of sp³-hybridized carbons (Fsp3) is 0.143. The van der Waals surface area contributed by atoms with Crippen molar-refractivity contribution in [3.8, 4) is 16.9 Å². The normalized spacial score (nSPS) is 17.1. The van der Waals surface area contributed by atoms with Crippen LogP contribution in [0.2, 0.25) is 0 Å². The molecule has 0 saturated heterocycles. The van der Waals surface area contributed by atoms with Crippen molar-refractivity contribution in [2.45, 2.75) is 12.2 Å². The molecule has 0 amide bonds. The molecule has 32 heavy (non-hydrogen) atoms. The number of hydrogen-bond acceptors (Lipinski definition) is 7. The van der Waals surface area contributed by atoms with Gasteiger partial charge in [-0.25, -0.2) is 19.4 Å². The predicted octanol–water partition coefficient (Wildman–Crippen LogP) is 3.17. The summed E-state index contributed by atoms with van der Waals surface area (Å²) in [5.74, 6) is -1.05. The molecule has 3 aromatic rings. The molecule has 0 saturated carbocycles. The number of rotatable bonds is 5. The number of halogens is 3. The average Bonchev–Trinajstić information content (AvgIpc) is 3.17. The van der Waals surface area contributed by atoms with Crippen molar-refractivity contribution < 1.29 is 32.5 Å². The van der Waals surface area contributed by atoms with Crippen LogP contribution in [0.5, 0.6) is 5.75 Å². The molecule has 4 rings (SSSR count). The van der Waals surface area contributed by atoms with Gasteiger partial charge >= 0.3 is 6.61 Å². The highest BCUT2D eigenvalue weighted by Crippen LogP contribution is 2.40. The Kier molecular flexibility index (Phi) is 6.88. The van der Waals surface area contributed by atoms with E-state index in [4.69, 9.17) is 20.4 Å². The van der Waals surface area contributed by atoms with Gasteiger partial charge in [0.15, 0.2) is 5.54 Å². The molecule has 1 aliphatic heterocycles. The van der Waals surface area contributed by atoms with E-state index < -0.39 is 18.0 Å². The first-order valence-corrected chi connectivity index (χ1v) is 9.06. The maximum atomic E-state index is 14.9. The quantitative estimate of drug-likeness (QED) is 0.578. The van der Waals surface area contributed by atoms with Gasteiger partial charge in [0.05, 0.1) is 0 Å². The SMILES string of the molecule is NC1=NC(c2cccc(-c3cncnc3)c2)(c2ccc(OC(F)F)cc2F)CO1.O=CO. The highest BCUT2D eigenvalue weighted by molar-refractivity contribution is 5.75. The van der Waals surface area contributed by atoms with Crippen LogP contribution in [0.15, 0.2) is 66.2 Å². The van der Waals surface area contributed by atoms with Crippen molar-refractivity contribution in [2.75, 3.05) is 6.61 Å². The standard InChI is InChI=1S/C20H15F3N4O2.CH2O2/c21-17-7-15(29-18(22)23)4-5-16(17)20(10-28-19(24)27-20)14-3-1-2-12(6-14)13-8-25-11-26-9-13;2-1-3/h1-9,11,18H,10H2,(H2,24,27);1H,(H,2,3). The molecule has 0 spiro atoms. The van der Waals surface area contributed by atoms with Crippen molar-refractivity contribution in [1.29, 1.82) is 0 Å². The number of aromatic nitrogens is 2. The summed E-state index contributed by atoms with van der Waals surface area (Å²) in [6, 6.07) is 10.6. The van der Waals surface area contributed by atoms with E-state index in [2.05, 4.69) is 19.7 Å². The lowest BCUT2D eigenvalue weighted by Gasteiger charge is -2.26. The molecule has 0 bridgehead atoms. The Bertz CT molecular complexity index is 1120. The molecule has 11 heteroatoms. The maximum absolute atomic E-state index is 14.9. The highest BCUT2D eigenvalue weighted by Gasteiger charge is 2.42. The molecule has 1 aromatic heterocycles. The lowest BCUT2D eigenvalue weighted by Crippen LogP contribution is -2.28. The monoisotopic (exact) mass is 446 g/mol. The number of amidine groups is 1. The van der Waals surface area contributed by atoms with E-state index in [0.29, 0.717) is 5.56 Å². The van der Waals surface area contributed by atoms with Gasteiger partial charge in [-0.3, -0.25) is 4.79 Å². The lowest BCUT2D eigenvalue weighted by atomic mass is 9.83. The summed E-state index contributed by atoms with van der Waals surface area (Å²) in [4.78, 5) is 20.7. The fourth-order valence-electron chi connectivity index (χ4n) is 3.28. The Morgan fingerprint density at radius 1 is 1.16 bits per heavy atom. The maximum Gasteiger partial charge on any atom is 0.387 e. The molecular weight excluding hydrogens is 429 g/mol. The largest absolute Gasteiger partial charge is 0.483 e. The van der Waals surface area contributed by atoms with Crippen molar-refractivity contribution in [2.24, 2.45) is 10.7 Å². The molecule has 1 atom stereocenters. The van der Waals surface area contributed by atoms with E-state index in [1.807, 2.05) is 12.1 Å². The molecular formula is C21H17F3N4O4. The highest BCUT2D eigenvalue weighted by atomic mass is 19.3. The fourth-order valence-corrected chi connectivity index (χ4v) is 3.28. The number of ether oxygens (including phenoxy) is 2. The minimum Gasteiger partial charge on any atom is -0.483 e. The number of aliphatic imine (C=N–C) groups is 1. The summed E-state index contributed by atoms with van der Waals surface area (Å²) >= 11 is 0. The van der Waals surface area contributed by atoms with E-state index in [1.165, 1.54) is 18.5 Å². The summed E-state index contributed by atoms with van der Waals surface area (Å²) in [5.41, 5.74) is 6.76. The van der Waals surface area contributed by atoms with E-state index in [9.17, 15) is 13.2 Å². The third kappa shape index (κ3) is 4.77.